The SMILES string of the molecule is C=C1C[C@H](COc2ccc(-c3nc(-c4cn5cc(C)cc(Cl)c5n4)no3)cc2C)CC1(F)F. The van der Waals surface area contributed by atoms with Crippen LogP contribution in [0.25, 0.3) is 28.6 Å². The van der Waals surface area contributed by atoms with Gasteiger partial charge in [0.15, 0.2) is 5.65 Å². The zero-order valence-electron chi connectivity index (χ0n) is 18.1. The Morgan fingerprint density at radius 2 is 2.06 bits per heavy atom. The fraction of sp³-hybridized carbons (Fsp3) is 0.292. The van der Waals surface area contributed by atoms with Crippen molar-refractivity contribution in [3.63, 3.8) is 0 Å². The summed E-state index contributed by atoms with van der Waals surface area (Å²) in [6, 6.07) is 7.28. The maximum Gasteiger partial charge on any atom is 0.269 e. The number of halogens is 3. The van der Waals surface area contributed by atoms with E-state index < -0.39 is 5.92 Å². The van der Waals surface area contributed by atoms with Crippen molar-refractivity contribution in [1.29, 1.82) is 0 Å². The van der Waals surface area contributed by atoms with Gasteiger partial charge in [-0.2, -0.15) is 4.98 Å². The van der Waals surface area contributed by atoms with Gasteiger partial charge >= 0.3 is 0 Å². The molecular formula is C24H21ClF2N4O2. The summed E-state index contributed by atoms with van der Waals surface area (Å²) in [6.45, 7) is 7.53. The number of imidazole rings is 1. The molecule has 0 unspecified atom stereocenters. The summed E-state index contributed by atoms with van der Waals surface area (Å²) in [5.41, 5.74) is 3.71. The number of hydrogen-bond acceptors (Lipinski definition) is 5. The van der Waals surface area contributed by atoms with E-state index in [4.69, 9.17) is 20.9 Å². The van der Waals surface area contributed by atoms with Crippen LogP contribution in [0, 0.1) is 19.8 Å². The van der Waals surface area contributed by atoms with Crippen LogP contribution in [0.4, 0.5) is 8.78 Å². The summed E-state index contributed by atoms with van der Waals surface area (Å²) in [4.78, 5) is 8.98. The van der Waals surface area contributed by atoms with Crippen LogP contribution >= 0.6 is 11.6 Å². The first kappa shape index (κ1) is 21.6. The molecular weight excluding hydrogens is 450 g/mol. The van der Waals surface area contributed by atoms with Crippen LogP contribution in [0.3, 0.4) is 0 Å². The maximum absolute atomic E-state index is 13.7. The van der Waals surface area contributed by atoms with Gasteiger partial charge in [-0.15, -0.1) is 0 Å². The molecule has 0 radical (unpaired) electrons. The molecule has 3 heterocycles. The Hall–Kier alpha value is -3.26. The number of nitrogens with zero attached hydrogens (tertiary/aromatic N) is 4. The lowest BCUT2D eigenvalue weighted by Gasteiger charge is -2.14. The highest BCUT2D eigenvalue weighted by Gasteiger charge is 2.43. The molecule has 1 atom stereocenters. The first-order valence-corrected chi connectivity index (χ1v) is 10.9. The smallest absolute Gasteiger partial charge is 0.269 e. The number of aryl methyl sites for hydroxylation is 2. The molecule has 4 aromatic rings. The zero-order valence-corrected chi connectivity index (χ0v) is 18.9. The topological polar surface area (TPSA) is 65.5 Å². The first-order valence-electron chi connectivity index (χ1n) is 10.5. The third kappa shape index (κ3) is 4.11. The molecule has 1 fully saturated rings. The van der Waals surface area contributed by atoms with Crippen molar-refractivity contribution in [1.82, 2.24) is 19.5 Å². The van der Waals surface area contributed by atoms with Gasteiger partial charge in [0.25, 0.3) is 11.8 Å². The van der Waals surface area contributed by atoms with E-state index >= 15 is 0 Å². The quantitative estimate of drug-likeness (QED) is 0.320. The summed E-state index contributed by atoms with van der Waals surface area (Å²) in [6.07, 6.45) is 3.78. The van der Waals surface area contributed by atoms with E-state index in [-0.39, 0.29) is 30.9 Å². The van der Waals surface area contributed by atoms with Crippen molar-refractivity contribution in [3.05, 3.63) is 65.0 Å². The van der Waals surface area contributed by atoms with E-state index in [2.05, 4.69) is 21.7 Å². The molecule has 1 aliphatic carbocycles. The molecule has 6 nitrogen and oxygen atoms in total. The fourth-order valence-corrected chi connectivity index (χ4v) is 4.40. The minimum atomic E-state index is -2.80. The molecule has 1 aliphatic rings. The number of allylic oxidation sites excluding steroid dienone is 1. The van der Waals surface area contributed by atoms with Crippen molar-refractivity contribution in [2.75, 3.05) is 6.61 Å². The van der Waals surface area contributed by atoms with E-state index in [1.165, 1.54) is 0 Å². The highest BCUT2D eigenvalue weighted by atomic mass is 35.5. The van der Waals surface area contributed by atoms with Gasteiger partial charge < -0.3 is 13.7 Å². The van der Waals surface area contributed by atoms with Crippen LogP contribution in [0.15, 0.2) is 53.3 Å². The van der Waals surface area contributed by atoms with Crippen molar-refractivity contribution < 1.29 is 18.0 Å². The highest BCUT2D eigenvalue weighted by Crippen LogP contribution is 2.42. The molecule has 0 saturated heterocycles. The molecule has 0 aliphatic heterocycles. The summed E-state index contributed by atoms with van der Waals surface area (Å²) < 4.78 is 40.4. The standard InChI is InChI=1S/C24H21ClF2N4O2/c1-13-6-18(25)22-28-19(11-31(22)10-13)21-29-23(33-30-21)17-4-5-20(14(2)7-17)32-12-16-8-15(3)24(26,27)9-16/h4-7,10-11,16H,3,8-9,12H2,1-2H3/t16-/m0/s1. The average Bonchev–Trinajstić information content (AvgIpc) is 3.44. The van der Waals surface area contributed by atoms with Crippen molar-refractivity contribution in [2.45, 2.75) is 32.6 Å². The summed E-state index contributed by atoms with van der Waals surface area (Å²) in [7, 11) is 0. The molecule has 5 rings (SSSR count). The van der Waals surface area contributed by atoms with Crippen LogP contribution in [0.2, 0.25) is 5.02 Å². The third-order valence-electron chi connectivity index (χ3n) is 5.79. The van der Waals surface area contributed by atoms with Gasteiger partial charge in [0.05, 0.1) is 11.6 Å². The monoisotopic (exact) mass is 470 g/mol. The average molecular weight is 471 g/mol. The van der Waals surface area contributed by atoms with Gasteiger partial charge in [0.2, 0.25) is 5.82 Å². The molecule has 3 aromatic heterocycles. The molecule has 9 heteroatoms. The summed E-state index contributed by atoms with van der Waals surface area (Å²) in [5, 5.41) is 4.60. The number of rotatable bonds is 5. The van der Waals surface area contributed by atoms with Gasteiger partial charge in [0.1, 0.15) is 11.4 Å². The number of pyridine rings is 1. The summed E-state index contributed by atoms with van der Waals surface area (Å²) in [5.74, 6) is -1.72. The van der Waals surface area contributed by atoms with Gasteiger partial charge in [-0.25, -0.2) is 13.8 Å². The predicted molar refractivity (Wildman–Crippen MR) is 121 cm³/mol. The van der Waals surface area contributed by atoms with Crippen LogP contribution in [-0.2, 0) is 0 Å². The Bertz CT molecular complexity index is 1380. The number of fused-ring (bicyclic) bond motifs is 1. The molecule has 0 bridgehead atoms. The lowest BCUT2D eigenvalue weighted by Crippen LogP contribution is -2.14. The van der Waals surface area contributed by atoms with E-state index in [1.54, 1.807) is 18.3 Å². The predicted octanol–water partition coefficient (Wildman–Crippen LogP) is 6.30. The number of ether oxygens (including phenoxy) is 1. The van der Waals surface area contributed by atoms with E-state index in [1.807, 2.05) is 36.6 Å². The van der Waals surface area contributed by atoms with Gasteiger partial charge in [0, 0.05) is 30.3 Å². The Morgan fingerprint density at radius 1 is 1.24 bits per heavy atom. The maximum atomic E-state index is 13.7. The summed E-state index contributed by atoms with van der Waals surface area (Å²) >= 11 is 6.28. The molecule has 0 N–H and O–H groups in total. The van der Waals surface area contributed by atoms with E-state index in [0.717, 1.165) is 16.7 Å². The zero-order chi connectivity index (χ0) is 23.3. The first-order chi connectivity index (χ1) is 15.7. The van der Waals surface area contributed by atoms with E-state index in [0.29, 0.717) is 33.8 Å². The normalized spacial score (nSPS) is 17.7. The highest BCUT2D eigenvalue weighted by molar-refractivity contribution is 6.33. The van der Waals surface area contributed by atoms with Gasteiger partial charge in [-0.1, -0.05) is 23.3 Å². The fourth-order valence-electron chi connectivity index (χ4n) is 4.09. The van der Waals surface area contributed by atoms with Crippen molar-refractivity contribution in [3.8, 4) is 28.7 Å². The minimum absolute atomic E-state index is 0.0154. The molecule has 1 saturated carbocycles. The molecule has 1 aromatic carbocycles. The van der Waals surface area contributed by atoms with Crippen molar-refractivity contribution >= 4 is 17.2 Å². The molecule has 33 heavy (non-hydrogen) atoms. The van der Waals surface area contributed by atoms with E-state index in [9.17, 15) is 8.78 Å². The lowest BCUT2D eigenvalue weighted by atomic mass is 10.1. The second kappa shape index (κ2) is 7.95. The number of benzene rings is 1. The largest absolute Gasteiger partial charge is 0.493 e. The minimum Gasteiger partial charge on any atom is -0.493 e. The Balaban J connectivity index is 1.32. The molecule has 0 amide bonds. The Labute approximate surface area is 193 Å². The molecule has 170 valence electrons. The van der Waals surface area contributed by atoms with Crippen LogP contribution in [0.1, 0.15) is 24.0 Å². The third-order valence-corrected chi connectivity index (χ3v) is 6.07. The van der Waals surface area contributed by atoms with Crippen LogP contribution < -0.4 is 4.74 Å². The molecule has 0 spiro atoms. The second-order valence-electron chi connectivity index (χ2n) is 8.52. The van der Waals surface area contributed by atoms with Crippen molar-refractivity contribution in [2.24, 2.45) is 5.92 Å². The number of alkyl halides is 2. The Kier molecular flexibility index (Phi) is 5.20. The second-order valence-corrected chi connectivity index (χ2v) is 8.93. The number of hydrogen-bond donors (Lipinski definition) is 0. The van der Waals surface area contributed by atoms with Crippen LogP contribution in [-0.4, -0.2) is 32.1 Å². The van der Waals surface area contributed by atoms with Crippen LogP contribution in [0.5, 0.6) is 5.75 Å². The Morgan fingerprint density at radius 3 is 2.79 bits per heavy atom. The number of aromatic nitrogens is 4. The van der Waals surface area contributed by atoms with Gasteiger partial charge in [-0.05, 0) is 61.2 Å². The van der Waals surface area contributed by atoms with Gasteiger partial charge in [-0.3, -0.25) is 0 Å². The lowest BCUT2D eigenvalue weighted by molar-refractivity contribution is 0.0378.